The largest absolute Gasteiger partial charge is 0.494 e. The number of nitrogens with one attached hydrogen (secondary N) is 1. The van der Waals surface area contributed by atoms with Crippen LogP contribution in [0.5, 0.6) is 5.75 Å². The predicted octanol–water partition coefficient (Wildman–Crippen LogP) is 4.47. The van der Waals surface area contributed by atoms with Crippen molar-refractivity contribution in [2.45, 2.75) is 12.7 Å². The average Bonchev–Trinajstić information content (AvgIpc) is 2.45. The summed E-state index contributed by atoms with van der Waals surface area (Å²) in [6.45, 7) is 0.211. The van der Waals surface area contributed by atoms with Gasteiger partial charge in [-0.3, -0.25) is 0 Å². The molecule has 0 atom stereocenters. The number of hydrogen-bond donors (Lipinski definition) is 1. The molecule has 0 heterocycles. The molecule has 0 aliphatic carbocycles. The molecule has 1 N–H and O–H groups in total. The molecule has 0 spiro atoms. The van der Waals surface area contributed by atoms with Gasteiger partial charge in [0, 0.05) is 12.2 Å². The van der Waals surface area contributed by atoms with Crippen molar-refractivity contribution in [1.82, 2.24) is 0 Å². The van der Waals surface area contributed by atoms with Gasteiger partial charge in [0.25, 0.3) is 0 Å². The van der Waals surface area contributed by atoms with Crippen LogP contribution in [0.4, 0.5) is 23.2 Å². The molecule has 0 saturated carbocycles. The minimum atomic E-state index is -4.39. The number of halogens is 4. The summed E-state index contributed by atoms with van der Waals surface area (Å²) in [5.74, 6) is -0.390. The normalized spacial score (nSPS) is 11.3. The van der Waals surface area contributed by atoms with E-state index >= 15 is 0 Å². The predicted molar refractivity (Wildman–Crippen MR) is 71.7 cm³/mol. The van der Waals surface area contributed by atoms with E-state index in [1.165, 1.54) is 31.4 Å². The summed E-state index contributed by atoms with van der Waals surface area (Å²) in [7, 11) is 1.36. The fourth-order valence-corrected chi connectivity index (χ4v) is 1.83. The van der Waals surface area contributed by atoms with Crippen LogP contribution in [0.15, 0.2) is 42.5 Å². The second kappa shape index (κ2) is 6.03. The summed E-state index contributed by atoms with van der Waals surface area (Å²) >= 11 is 0. The zero-order chi connectivity index (χ0) is 15.5. The maximum Gasteiger partial charge on any atom is 0.416 e. The summed E-state index contributed by atoms with van der Waals surface area (Å²) in [6, 6.07) is 9.24. The van der Waals surface area contributed by atoms with Gasteiger partial charge in [-0.05, 0) is 35.9 Å². The smallest absolute Gasteiger partial charge is 0.416 e. The van der Waals surface area contributed by atoms with Crippen molar-refractivity contribution in [3.8, 4) is 5.75 Å². The Morgan fingerprint density at radius 3 is 2.48 bits per heavy atom. The zero-order valence-corrected chi connectivity index (χ0v) is 11.2. The molecule has 0 amide bonds. The molecule has 2 rings (SSSR count). The van der Waals surface area contributed by atoms with E-state index in [1.807, 2.05) is 0 Å². The summed E-state index contributed by atoms with van der Waals surface area (Å²) in [6.07, 6.45) is -4.39. The van der Waals surface area contributed by atoms with Gasteiger partial charge >= 0.3 is 6.18 Å². The highest BCUT2D eigenvalue weighted by molar-refractivity contribution is 5.47. The van der Waals surface area contributed by atoms with Crippen LogP contribution in [0.3, 0.4) is 0 Å². The summed E-state index contributed by atoms with van der Waals surface area (Å²) in [4.78, 5) is 0. The first-order valence-corrected chi connectivity index (χ1v) is 6.13. The van der Waals surface area contributed by atoms with Crippen LogP contribution < -0.4 is 10.1 Å². The molecule has 0 aliphatic rings. The molecule has 2 aromatic carbocycles. The van der Waals surface area contributed by atoms with E-state index in [1.54, 1.807) is 6.07 Å². The Kier molecular flexibility index (Phi) is 4.35. The van der Waals surface area contributed by atoms with Gasteiger partial charge in [0.05, 0.1) is 12.7 Å². The quantitative estimate of drug-likeness (QED) is 0.841. The summed E-state index contributed by atoms with van der Waals surface area (Å²) < 4.78 is 56.0. The molecule has 0 saturated heterocycles. The Labute approximate surface area is 119 Å². The van der Waals surface area contributed by atoms with Gasteiger partial charge in [-0.25, -0.2) is 4.39 Å². The van der Waals surface area contributed by atoms with Crippen molar-refractivity contribution in [2.75, 3.05) is 12.4 Å². The molecule has 112 valence electrons. The van der Waals surface area contributed by atoms with E-state index in [0.717, 1.165) is 12.1 Å². The number of rotatable bonds is 4. The third kappa shape index (κ3) is 3.87. The van der Waals surface area contributed by atoms with Gasteiger partial charge in [0.15, 0.2) is 11.6 Å². The second-order valence-electron chi connectivity index (χ2n) is 4.40. The molecule has 21 heavy (non-hydrogen) atoms. The summed E-state index contributed by atoms with van der Waals surface area (Å²) in [5.41, 5.74) is 0.195. The lowest BCUT2D eigenvalue weighted by atomic mass is 10.1. The topological polar surface area (TPSA) is 21.3 Å². The minimum Gasteiger partial charge on any atom is -0.494 e. The van der Waals surface area contributed by atoms with Crippen LogP contribution >= 0.6 is 0 Å². The van der Waals surface area contributed by atoms with Crippen molar-refractivity contribution in [1.29, 1.82) is 0 Å². The Morgan fingerprint density at radius 2 is 1.86 bits per heavy atom. The Morgan fingerprint density at radius 1 is 1.10 bits per heavy atom. The lowest BCUT2D eigenvalue weighted by Gasteiger charge is -2.11. The number of methoxy groups -OCH3 is 1. The first-order chi connectivity index (χ1) is 9.90. The molecular weight excluding hydrogens is 286 g/mol. The van der Waals surface area contributed by atoms with Gasteiger partial charge in [0.1, 0.15) is 0 Å². The number of anilines is 1. The molecule has 2 aromatic rings. The highest BCUT2D eigenvalue weighted by atomic mass is 19.4. The Balaban J connectivity index is 2.08. The highest BCUT2D eigenvalue weighted by Crippen LogP contribution is 2.30. The van der Waals surface area contributed by atoms with E-state index < -0.39 is 17.6 Å². The highest BCUT2D eigenvalue weighted by Gasteiger charge is 2.30. The van der Waals surface area contributed by atoms with Gasteiger partial charge in [-0.2, -0.15) is 13.2 Å². The van der Waals surface area contributed by atoms with Crippen molar-refractivity contribution in [2.24, 2.45) is 0 Å². The van der Waals surface area contributed by atoms with Crippen LogP contribution in [0, 0.1) is 5.82 Å². The van der Waals surface area contributed by atoms with Crippen LogP contribution in [-0.4, -0.2) is 7.11 Å². The molecule has 6 heteroatoms. The monoisotopic (exact) mass is 299 g/mol. The fraction of sp³-hybridized carbons (Fsp3) is 0.200. The van der Waals surface area contributed by atoms with Gasteiger partial charge in [-0.1, -0.05) is 12.1 Å². The third-order valence-electron chi connectivity index (χ3n) is 2.90. The molecular formula is C15H13F4NO. The molecule has 2 nitrogen and oxygen atoms in total. The van der Waals surface area contributed by atoms with E-state index in [9.17, 15) is 17.6 Å². The lowest BCUT2D eigenvalue weighted by molar-refractivity contribution is -0.137. The molecule has 0 bridgehead atoms. The molecule has 0 fully saturated rings. The Bertz CT molecular complexity index is 625. The van der Waals surface area contributed by atoms with Crippen LogP contribution in [0.25, 0.3) is 0 Å². The number of hydrogen-bond acceptors (Lipinski definition) is 2. The van der Waals surface area contributed by atoms with Crippen LogP contribution in [-0.2, 0) is 12.7 Å². The second-order valence-corrected chi connectivity index (χ2v) is 4.40. The van der Waals surface area contributed by atoms with E-state index in [0.29, 0.717) is 11.3 Å². The van der Waals surface area contributed by atoms with E-state index in [2.05, 4.69) is 5.32 Å². The molecule has 0 aliphatic heterocycles. The van der Waals surface area contributed by atoms with Crippen LogP contribution in [0.1, 0.15) is 11.1 Å². The SMILES string of the molecule is COc1ccc(CNc2cccc(C(F)(F)F)c2)cc1F. The standard InChI is InChI=1S/C15H13F4NO/c1-21-14-6-5-10(7-13(14)16)9-20-12-4-2-3-11(8-12)15(17,18)19/h2-8,20H,9H2,1H3. The number of ether oxygens (including phenoxy) is 1. The van der Waals surface area contributed by atoms with E-state index in [-0.39, 0.29) is 12.3 Å². The van der Waals surface area contributed by atoms with E-state index in [4.69, 9.17) is 4.74 Å². The van der Waals surface area contributed by atoms with Gasteiger partial charge in [0.2, 0.25) is 0 Å². The fourth-order valence-electron chi connectivity index (χ4n) is 1.83. The summed E-state index contributed by atoms with van der Waals surface area (Å²) in [5, 5.41) is 2.83. The molecule has 0 radical (unpaired) electrons. The van der Waals surface area contributed by atoms with Crippen LogP contribution in [0.2, 0.25) is 0 Å². The molecule has 0 aromatic heterocycles. The van der Waals surface area contributed by atoms with Crippen molar-refractivity contribution >= 4 is 5.69 Å². The zero-order valence-electron chi connectivity index (χ0n) is 11.2. The average molecular weight is 299 g/mol. The third-order valence-corrected chi connectivity index (χ3v) is 2.90. The number of benzene rings is 2. The molecule has 0 unspecified atom stereocenters. The lowest BCUT2D eigenvalue weighted by Crippen LogP contribution is -2.06. The van der Waals surface area contributed by atoms with Crippen molar-refractivity contribution in [3.05, 3.63) is 59.4 Å². The maximum atomic E-state index is 13.5. The van der Waals surface area contributed by atoms with Gasteiger partial charge < -0.3 is 10.1 Å². The van der Waals surface area contributed by atoms with Crippen molar-refractivity contribution in [3.63, 3.8) is 0 Å². The number of alkyl halides is 3. The Hall–Kier alpha value is -2.24. The van der Waals surface area contributed by atoms with Crippen molar-refractivity contribution < 1.29 is 22.3 Å². The first-order valence-electron chi connectivity index (χ1n) is 6.13. The van der Waals surface area contributed by atoms with Gasteiger partial charge in [-0.15, -0.1) is 0 Å². The maximum absolute atomic E-state index is 13.5. The first kappa shape index (κ1) is 15.2. The minimum absolute atomic E-state index is 0.123.